The van der Waals surface area contributed by atoms with Gasteiger partial charge in [0.1, 0.15) is 18.2 Å². The van der Waals surface area contributed by atoms with Crippen LogP contribution in [-0.2, 0) is 9.53 Å². The standard InChI is InChI=1S/C14H17FO4/c1-2-7-18-8-9-19-13-5-4-12(15)10-11(13)3-6-14(16)17/h3-6,10H,2,7-9H2,1H3,(H,16,17)/b6-3+. The molecule has 0 aliphatic heterocycles. The minimum atomic E-state index is -1.10. The van der Waals surface area contributed by atoms with E-state index in [4.69, 9.17) is 14.6 Å². The lowest BCUT2D eigenvalue weighted by atomic mass is 10.2. The van der Waals surface area contributed by atoms with Crippen LogP contribution in [0.3, 0.4) is 0 Å². The molecule has 1 rings (SSSR count). The molecule has 0 atom stereocenters. The minimum Gasteiger partial charge on any atom is -0.491 e. The SMILES string of the molecule is CCCOCCOc1ccc(F)cc1/C=C/C(=O)O. The first-order chi connectivity index (χ1) is 9.13. The summed E-state index contributed by atoms with van der Waals surface area (Å²) < 4.78 is 23.8. The largest absolute Gasteiger partial charge is 0.491 e. The van der Waals surface area contributed by atoms with Crippen LogP contribution in [0, 0.1) is 5.82 Å². The number of carboxylic acids is 1. The molecule has 104 valence electrons. The van der Waals surface area contributed by atoms with Crippen LogP contribution in [0.15, 0.2) is 24.3 Å². The molecule has 0 fully saturated rings. The van der Waals surface area contributed by atoms with Gasteiger partial charge in [0.15, 0.2) is 0 Å². The van der Waals surface area contributed by atoms with Crippen molar-refractivity contribution >= 4 is 12.0 Å². The highest BCUT2D eigenvalue weighted by Gasteiger charge is 2.03. The molecule has 0 aliphatic rings. The molecule has 1 N–H and O–H groups in total. The van der Waals surface area contributed by atoms with Gasteiger partial charge in [0.05, 0.1) is 6.61 Å². The second kappa shape index (κ2) is 8.26. The summed E-state index contributed by atoms with van der Waals surface area (Å²) in [6, 6.07) is 3.96. The van der Waals surface area contributed by atoms with E-state index in [0.717, 1.165) is 12.5 Å². The van der Waals surface area contributed by atoms with Crippen LogP contribution in [-0.4, -0.2) is 30.9 Å². The molecular weight excluding hydrogens is 251 g/mol. The quantitative estimate of drug-likeness (QED) is 0.582. The molecule has 0 saturated heterocycles. The number of rotatable bonds is 8. The smallest absolute Gasteiger partial charge is 0.328 e. The van der Waals surface area contributed by atoms with E-state index >= 15 is 0 Å². The number of benzene rings is 1. The van der Waals surface area contributed by atoms with Crippen molar-refractivity contribution in [3.63, 3.8) is 0 Å². The molecule has 1 aromatic carbocycles. The van der Waals surface area contributed by atoms with E-state index in [1.165, 1.54) is 24.3 Å². The monoisotopic (exact) mass is 268 g/mol. The van der Waals surface area contributed by atoms with Crippen molar-refractivity contribution in [3.8, 4) is 5.75 Å². The van der Waals surface area contributed by atoms with Crippen LogP contribution in [0.5, 0.6) is 5.75 Å². The van der Waals surface area contributed by atoms with Crippen LogP contribution in [0.1, 0.15) is 18.9 Å². The summed E-state index contributed by atoms with van der Waals surface area (Å²) in [5, 5.41) is 8.57. The van der Waals surface area contributed by atoms with Gasteiger partial charge in [-0.05, 0) is 30.7 Å². The third-order valence-corrected chi connectivity index (χ3v) is 2.21. The Hall–Kier alpha value is -1.88. The van der Waals surface area contributed by atoms with Gasteiger partial charge in [-0.2, -0.15) is 0 Å². The third kappa shape index (κ3) is 6.01. The van der Waals surface area contributed by atoms with E-state index in [1.807, 2.05) is 6.92 Å². The predicted octanol–water partition coefficient (Wildman–Crippen LogP) is 2.73. The molecule has 0 radical (unpaired) electrons. The van der Waals surface area contributed by atoms with E-state index < -0.39 is 11.8 Å². The van der Waals surface area contributed by atoms with Gasteiger partial charge in [-0.3, -0.25) is 0 Å². The van der Waals surface area contributed by atoms with Crippen molar-refractivity contribution in [2.75, 3.05) is 19.8 Å². The Morgan fingerprint density at radius 2 is 2.16 bits per heavy atom. The Kier molecular flexibility index (Phi) is 6.60. The van der Waals surface area contributed by atoms with E-state index in [1.54, 1.807) is 0 Å². The van der Waals surface area contributed by atoms with Gasteiger partial charge in [-0.15, -0.1) is 0 Å². The molecule has 5 heteroatoms. The lowest BCUT2D eigenvalue weighted by Crippen LogP contribution is -2.07. The summed E-state index contributed by atoms with van der Waals surface area (Å²) in [7, 11) is 0. The molecular formula is C14H17FO4. The lowest BCUT2D eigenvalue weighted by molar-refractivity contribution is -0.131. The van der Waals surface area contributed by atoms with Crippen molar-refractivity contribution in [1.82, 2.24) is 0 Å². The number of halogens is 1. The molecule has 4 nitrogen and oxygen atoms in total. The van der Waals surface area contributed by atoms with Crippen LogP contribution < -0.4 is 4.74 Å². The van der Waals surface area contributed by atoms with Gasteiger partial charge < -0.3 is 14.6 Å². The van der Waals surface area contributed by atoms with Crippen LogP contribution in [0.25, 0.3) is 6.08 Å². The maximum absolute atomic E-state index is 13.1. The maximum Gasteiger partial charge on any atom is 0.328 e. The van der Waals surface area contributed by atoms with Crippen LogP contribution in [0.4, 0.5) is 4.39 Å². The van der Waals surface area contributed by atoms with E-state index in [0.29, 0.717) is 31.1 Å². The Morgan fingerprint density at radius 1 is 1.37 bits per heavy atom. The number of hydrogen-bond acceptors (Lipinski definition) is 3. The molecule has 19 heavy (non-hydrogen) atoms. The Balaban J connectivity index is 2.63. The van der Waals surface area contributed by atoms with Crippen molar-refractivity contribution in [2.45, 2.75) is 13.3 Å². The van der Waals surface area contributed by atoms with Crippen LogP contribution >= 0.6 is 0 Å². The highest BCUT2D eigenvalue weighted by atomic mass is 19.1. The topological polar surface area (TPSA) is 55.8 Å². The zero-order valence-electron chi connectivity index (χ0n) is 10.8. The first-order valence-electron chi connectivity index (χ1n) is 6.04. The lowest BCUT2D eigenvalue weighted by Gasteiger charge is -2.09. The Morgan fingerprint density at radius 3 is 2.84 bits per heavy atom. The number of carboxylic acid groups (broad SMARTS) is 1. The van der Waals surface area contributed by atoms with E-state index in [9.17, 15) is 9.18 Å². The summed E-state index contributed by atoms with van der Waals surface area (Å²) in [4.78, 5) is 10.5. The van der Waals surface area contributed by atoms with Gasteiger partial charge >= 0.3 is 5.97 Å². The number of hydrogen-bond donors (Lipinski definition) is 1. The Bertz CT molecular complexity index is 443. The van der Waals surface area contributed by atoms with E-state index in [-0.39, 0.29) is 0 Å². The van der Waals surface area contributed by atoms with Gasteiger partial charge in [-0.1, -0.05) is 6.92 Å². The molecule has 0 saturated carbocycles. The fourth-order valence-electron chi connectivity index (χ4n) is 1.40. The fraction of sp³-hybridized carbons (Fsp3) is 0.357. The number of aliphatic carboxylic acids is 1. The first-order valence-corrected chi connectivity index (χ1v) is 6.04. The molecule has 0 heterocycles. The second-order valence-corrected chi connectivity index (χ2v) is 3.81. The molecule has 0 bridgehead atoms. The van der Waals surface area contributed by atoms with Gasteiger partial charge in [-0.25, -0.2) is 9.18 Å². The van der Waals surface area contributed by atoms with E-state index in [2.05, 4.69) is 0 Å². The van der Waals surface area contributed by atoms with Crippen molar-refractivity contribution in [3.05, 3.63) is 35.7 Å². The van der Waals surface area contributed by atoms with Crippen molar-refractivity contribution in [2.24, 2.45) is 0 Å². The highest BCUT2D eigenvalue weighted by Crippen LogP contribution is 2.21. The maximum atomic E-state index is 13.1. The number of ether oxygens (including phenoxy) is 2. The van der Waals surface area contributed by atoms with Gasteiger partial charge in [0.25, 0.3) is 0 Å². The second-order valence-electron chi connectivity index (χ2n) is 3.81. The average molecular weight is 268 g/mol. The Labute approximate surface area is 111 Å². The van der Waals surface area contributed by atoms with Gasteiger partial charge in [0.2, 0.25) is 0 Å². The fourth-order valence-corrected chi connectivity index (χ4v) is 1.40. The van der Waals surface area contributed by atoms with Gasteiger partial charge in [0, 0.05) is 18.2 Å². The average Bonchev–Trinajstić information content (AvgIpc) is 2.38. The summed E-state index contributed by atoms with van der Waals surface area (Å²) in [6.07, 6.45) is 3.17. The summed E-state index contributed by atoms with van der Waals surface area (Å²) in [5.74, 6) is -1.11. The zero-order chi connectivity index (χ0) is 14.1. The summed E-state index contributed by atoms with van der Waals surface area (Å²) >= 11 is 0. The molecule has 0 amide bonds. The molecule has 0 unspecified atom stereocenters. The first kappa shape index (κ1) is 15.2. The molecule has 0 spiro atoms. The predicted molar refractivity (Wildman–Crippen MR) is 69.7 cm³/mol. The highest BCUT2D eigenvalue weighted by molar-refractivity contribution is 5.85. The summed E-state index contributed by atoms with van der Waals surface area (Å²) in [5.41, 5.74) is 0.387. The van der Waals surface area contributed by atoms with Crippen LogP contribution in [0.2, 0.25) is 0 Å². The third-order valence-electron chi connectivity index (χ3n) is 2.21. The molecule has 0 aliphatic carbocycles. The van der Waals surface area contributed by atoms with Crippen molar-refractivity contribution < 1.29 is 23.8 Å². The normalized spacial score (nSPS) is 10.8. The van der Waals surface area contributed by atoms with Crippen molar-refractivity contribution in [1.29, 1.82) is 0 Å². The number of carbonyl (C=O) groups is 1. The zero-order valence-corrected chi connectivity index (χ0v) is 10.8. The molecule has 0 aromatic heterocycles. The molecule has 1 aromatic rings. The summed E-state index contributed by atoms with van der Waals surface area (Å²) in [6.45, 7) is 3.45. The minimum absolute atomic E-state index is 0.333.